The lowest BCUT2D eigenvalue weighted by Gasteiger charge is -2.06. The molecule has 128 valence electrons. The van der Waals surface area contributed by atoms with Crippen molar-refractivity contribution in [3.63, 3.8) is 0 Å². The maximum Gasteiger partial charge on any atom is 0.335 e. The van der Waals surface area contributed by atoms with Crippen LogP contribution in [0.3, 0.4) is 0 Å². The van der Waals surface area contributed by atoms with E-state index in [0.717, 1.165) is 33.2 Å². The Hall–Kier alpha value is -2.75. The molecule has 5 heteroatoms. The molecule has 0 saturated heterocycles. The van der Waals surface area contributed by atoms with Crippen molar-refractivity contribution in [1.29, 1.82) is 0 Å². The van der Waals surface area contributed by atoms with E-state index >= 15 is 0 Å². The molecule has 3 aromatic carbocycles. The Kier molecular flexibility index (Phi) is 4.19. The summed E-state index contributed by atoms with van der Waals surface area (Å²) in [6, 6.07) is 17.9. The summed E-state index contributed by atoms with van der Waals surface area (Å²) in [5.41, 5.74) is 4.37. The van der Waals surface area contributed by atoms with Gasteiger partial charge in [-0.3, -0.25) is 0 Å². The van der Waals surface area contributed by atoms with E-state index < -0.39 is 5.97 Å². The third kappa shape index (κ3) is 2.96. The van der Waals surface area contributed by atoms with Crippen LogP contribution in [0.5, 0.6) is 0 Å². The lowest BCUT2D eigenvalue weighted by molar-refractivity contribution is 0.0697. The van der Waals surface area contributed by atoms with Crippen molar-refractivity contribution in [3.8, 4) is 22.3 Å². The summed E-state index contributed by atoms with van der Waals surface area (Å²) in [6.45, 7) is 0. The van der Waals surface area contributed by atoms with Gasteiger partial charge in [0, 0.05) is 21.5 Å². The molecule has 1 heterocycles. The van der Waals surface area contributed by atoms with Crippen molar-refractivity contribution in [2.24, 2.45) is 0 Å². The molecule has 0 spiro atoms. The van der Waals surface area contributed by atoms with Gasteiger partial charge in [0.05, 0.1) is 16.8 Å². The van der Waals surface area contributed by atoms with E-state index in [1.807, 2.05) is 30.3 Å². The highest BCUT2D eigenvalue weighted by atomic mass is 35.5. The fraction of sp³-hybridized carbons (Fsp3) is 0. The molecule has 0 aliphatic rings. The van der Waals surface area contributed by atoms with Gasteiger partial charge >= 0.3 is 5.97 Å². The van der Waals surface area contributed by atoms with Crippen LogP contribution in [0, 0.1) is 0 Å². The standard InChI is InChI=1S/C21H12Cl2O3/c22-15-5-6-16(19(23)10-15)18-11-26-20-7-4-13(9-17(18)20)12-2-1-3-14(8-12)21(24)25/h1-11H,(H,24,25). The Balaban J connectivity index is 1.87. The van der Waals surface area contributed by atoms with E-state index in [1.54, 1.807) is 36.6 Å². The number of fused-ring (bicyclic) bond motifs is 1. The van der Waals surface area contributed by atoms with Gasteiger partial charge in [-0.15, -0.1) is 0 Å². The molecule has 26 heavy (non-hydrogen) atoms. The molecule has 3 nitrogen and oxygen atoms in total. The van der Waals surface area contributed by atoms with E-state index in [9.17, 15) is 9.90 Å². The molecule has 0 fully saturated rings. The van der Waals surface area contributed by atoms with Crippen LogP contribution in [0.2, 0.25) is 10.0 Å². The monoisotopic (exact) mass is 382 g/mol. The normalized spacial score (nSPS) is 11.0. The molecule has 4 rings (SSSR count). The zero-order valence-electron chi connectivity index (χ0n) is 13.4. The number of furan rings is 1. The quantitative estimate of drug-likeness (QED) is 0.425. The minimum atomic E-state index is -0.954. The van der Waals surface area contributed by atoms with Crippen molar-refractivity contribution >= 4 is 40.1 Å². The van der Waals surface area contributed by atoms with Gasteiger partial charge in [0.25, 0.3) is 0 Å². The fourth-order valence-corrected chi connectivity index (χ4v) is 3.47. The third-order valence-corrected chi connectivity index (χ3v) is 4.79. The van der Waals surface area contributed by atoms with Crippen LogP contribution in [0.25, 0.3) is 33.2 Å². The maximum absolute atomic E-state index is 11.2. The lowest BCUT2D eigenvalue weighted by Crippen LogP contribution is -1.95. The van der Waals surface area contributed by atoms with Crippen LogP contribution >= 0.6 is 23.2 Å². The molecule has 1 aromatic heterocycles. The smallest absolute Gasteiger partial charge is 0.335 e. The number of rotatable bonds is 3. The number of hydrogen-bond donors (Lipinski definition) is 1. The lowest BCUT2D eigenvalue weighted by atomic mass is 9.99. The van der Waals surface area contributed by atoms with Crippen molar-refractivity contribution in [3.05, 3.63) is 82.5 Å². The zero-order chi connectivity index (χ0) is 18.3. The number of carbonyl (C=O) groups is 1. The highest BCUT2D eigenvalue weighted by Gasteiger charge is 2.13. The maximum atomic E-state index is 11.2. The summed E-state index contributed by atoms with van der Waals surface area (Å²) in [5, 5.41) is 11.2. The Labute approximate surface area is 159 Å². The molecule has 1 N–H and O–H groups in total. The highest BCUT2D eigenvalue weighted by Crippen LogP contribution is 2.38. The average molecular weight is 383 g/mol. The first-order chi connectivity index (χ1) is 12.5. The molecule has 0 radical (unpaired) electrons. The van der Waals surface area contributed by atoms with Gasteiger partial charge in [-0.2, -0.15) is 0 Å². The summed E-state index contributed by atoms with van der Waals surface area (Å²) in [6.07, 6.45) is 1.66. The highest BCUT2D eigenvalue weighted by molar-refractivity contribution is 6.36. The Bertz CT molecular complexity index is 1150. The van der Waals surface area contributed by atoms with E-state index in [0.29, 0.717) is 10.0 Å². The number of carboxylic acids is 1. The number of halogens is 2. The minimum absolute atomic E-state index is 0.246. The van der Waals surface area contributed by atoms with Gasteiger partial charge in [-0.05, 0) is 47.5 Å². The first-order valence-corrected chi connectivity index (χ1v) is 8.59. The van der Waals surface area contributed by atoms with E-state index in [-0.39, 0.29) is 5.56 Å². The zero-order valence-corrected chi connectivity index (χ0v) is 14.9. The van der Waals surface area contributed by atoms with Gasteiger partial charge in [0.1, 0.15) is 5.58 Å². The van der Waals surface area contributed by atoms with Gasteiger partial charge in [0.15, 0.2) is 0 Å². The van der Waals surface area contributed by atoms with Crippen LogP contribution in [-0.4, -0.2) is 11.1 Å². The molecule has 0 saturated carbocycles. The van der Waals surface area contributed by atoms with Crippen LogP contribution in [0.1, 0.15) is 10.4 Å². The Morgan fingerprint density at radius 3 is 2.46 bits per heavy atom. The SMILES string of the molecule is O=C(O)c1cccc(-c2ccc3occ(-c4ccc(Cl)cc4Cl)c3c2)c1. The van der Waals surface area contributed by atoms with Crippen molar-refractivity contribution in [2.45, 2.75) is 0 Å². The van der Waals surface area contributed by atoms with Gasteiger partial charge in [-0.25, -0.2) is 4.79 Å². The van der Waals surface area contributed by atoms with Gasteiger partial charge in [-0.1, -0.05) is 47.5 Å². The Morgan fingerprint density at radius 1 is 0.885 bits per heavy atom. The third-order valence-electron chi connectivity index (χ3n) is 4.24. The predicted octanol–water partition coefficient (Wildman–Crippen LogP) is 6.77. The average Bonchev–Trinajstić information content (AvgIpc) is 3.05. The summed E-state index contributed by atoms with van der Waals surface area (Å²) in [4.78, 5) is 11.2. The summed E-state index contributed by atoms with van der Waals surface area (Å²) in [5.74, 6) is -0.954. The molecular formula is C21H12Cl2O3. The van der Waals surface area contributed by atoms with E-state index in [4.69, 9.17) is 27.6 Å². The molecule has 0 atom stereocenters. The van der Waals surface area contributed by atoms with Crippen LogP contribution in [-0.2, 0) is 0 Å². The van der Waals surface area contributed by atoms with Crippen LogP contribution in [0.15, 0.2) is 71.3 Å². The summed E-state index contributed by atoms with van der Waals surface area (Å²) in [7, 11) is 0. The molecule has 0 aliphatic heterocycles. The second kappa shape index (κ2) is 6.52. The molecule has 0 bridgehead atoms. The van der Waals surface area contributed by atoms with Gasteiger partial charge < -0.3 is 9.52 Å². The Morgan fingerprint density at radius 2 is 1.69 bits per heavy atom. The van der Waals surface area contributed by atoms with Crippen molar-refractivity contribution in [2.75, 3.05) is 0 Å². The number of carboxylic acid groups (broad SMARTS) is 1. The molecular weight excluding hydrogens is 371 g/mol. The number of aromatic carboxylic acids is 1. The topological polar surface area (TPSA) is 50.4 Å². The second-order valence-electron chi connectivity index (χ2n) is 5.87. The fourth-order valence-electron chi connectivity index (χ4n) is 2.96. The summed E-state index contributed by atoms with van der Waals surface area (Å²) >= 11 is 12.3. The molecule has 0 aliphatic carbocycles. The molecule has 0 unspecified atom stereocenters. The number of hydrogen-bond acceptors (Lipinski definition) is 2. The number of benzene rings is 3. The van der Waals surface area contributed by atoms with E-state index in [1.165, 1.54) is 0 Å². The van der Waals surface area contributed by atoms with Crippen LogP contribution < -0.4 is 0 Å². The van der Waals surface area contributed by atoms with Gasteiger partial charge in [0.2, 0.25) is 0 Å². The predicted molar refractivity (Wildman–Crippen MR) is 104 cm³/mol. The second-order valence-corrected chi connectivity index (χ2v) is 6.71. The van der Waals surface area contributed by atoms with Crippen molar-refractivity contribution < 1.29 is 14.3 Å². The first kappa shape index (κ1) is 16.7. The van der Waals surface area contributed by atoms with E-state index in [2.05, 4.69) is 0 Å². The molecule has 4 aromatic rings. The first-order valence-electron chi connectivity index (χ1n) is 7.83. The van der Waals surface area contributed by atoms with Crippen LogP contribution in [0.4, 0.5) is 0 Å². The summed E-state index contributed by atoms with van der Waals surface area (Å²) < 4.78 is 5.66. The van der Waals surface area contributed by atoms with Crippen molar-refractivity contribution in [1.82, 2.24) is 0 Å². The largest absolute Gasteiger partial charge is 0.478 e. The minimum Gasteiger partial charge on any atom is -0.478 e. The molecule has 0 amide bonds.